The van der Waals surface area contributed by atoms with Gasteiger partial charge in [0.1, 0.15) is 5.69 Å². The molecule has 1 N–H and O–H groups in total. The summed E-state index contributed by atoms with van der Waals surface area (Å²) in [5.41, 5.74) is 3.41. The van der Waals surface area contributed by atoms with Gasteiger partial charge in [-0.05, 0) is 43.5 Å². The zero-order valence-electron chi connectivity index (χ0n) is 12.0. The number of hydrogen-bond donors (Lipinski definition) is 1. The molecule has 1 aromatic carbocycles. The molecule has 1 aliphatic rings. The van der Waals surface area contributed by atoms with Gasteiger partial charge in [0.05, 0.1) is 6.20 Å². The Labute approximate surface area is 124 Å². The molecule has 0 bridgehead atoms. The summed E-state index contributed by atoms with van der Waals surface area (Å²) in [5.74, 6) is -0.236. The van der Waals surface area contributed by atoms with Gasteiger partial charge in [-0.25, -0.2) is 4.98 Å². The number of anilines is 2. The number of carbonyl (C=O) groups is 1. The summed E-state index contributed by atoms with van der Waals surface area (Å²) < 4.78 is 0. The quantitative estimate of drug-likeness (QED) is 0.940. The monoisotopic (exact) mass is 282 g/mol. The second-order valence-corrected chi connectivity index (χ2v) is 5.24. The average molecular weight is 282 g/mol. The molecule has 3 rings (SSSR count). The van der Waals surface area contributed by atoms with E-state index in [-0.39, 0.29) is 5.91 Å². The van der Waals surface area contributed by atoms with E-state index in [1.54, 1.807) is 6.20 Å². The van der Waals surface area contributed by atoms with Crippen molar-refractivity contribution in [1.29, 1.82) is 0 Å². The number of amides is 1. The first-order valence-corrected chi connectivity index (χ1v) is 7.17. The zero-order valence-corrected chi connectivity index (χ0v) is 12.0. The highest BCUT2D eigenvalue weighted by Gasteiger charge is 2.14. The van der Waals surface area contributed by atoms with Crippen LogP contribution in [0.3, 0.4) is 0 Å². The highest BCUT2D eigenvalue weighted by atomic mass is 16.1. The van der Waals surface area contributed by atoms with Gasteiger partial charge in [-0.15, -0.1) is 0 Å². The summed E-state index contributed by atoms with van der Waals surface area (Å²) in [5, 5.41) is 2.88. The topological polar surface area (TPSA) is 58.1 Å². The van der Waals surface area contributed by atoms with Gasteiger partial charge in [0, 0.05) is 36.9 Å². The van der Waals surface area contributed by atoms with Crippen molar-refractivity contribution in [2.24, 2.45) is 0 Å². The van der Waals surface area contributed by atoms with E-state index in [4.69, 9.17) is 0 Å². The molecule has 0 spiro atoms. The first kappa shape index (κ1) is 13.5. The molecule has 2 aromatic rings. The lowest BCUT2D eigenvalue weighted by molar-refractivity contribution is 0.102. The molecule has 108 valence electrons. The number of hydrogen-bond acceptors (Lipinski definition) is 4. The van der Waals surface area contributed by atoms with Gasteiger partial charge in [0.2, 0.25) is 0 Å². The van der Waals surface area contributed by atoms with E-state index in [1.165, 1.54) is 30.9 Å². The number of nitrogens with zero attached hydrogens (tertiary/aromatic N) is 3. The van der Waals surface area contributed by atoms with Crippen LogP contribution in [-0.2, 0) is 0 Å². The van der Waals surface area contributed by atoms with E-state index < -0.39 is 0 Å². The highest BCUT2D eigenvalue weighted by molar-refractivity contribution is 6.03. The second-order valence-electron chi connectivity index (χ2n) is 5.24. The van der Waals surface area contributed by atoms with Gasteiger partial charge in [-0.2, -0.15) is 0 Å². The number of carbonyl (C=O) groups excluding carboxylic acids is 1. The van der Waals surface area contributed by atoms with Gasteiger partial charge >= 0.3 is 0 Å². The van der Waals surface area contributed by atoms with Crippen LogP contribution < -0.4 is 10.2 Å². The Morgan fingerprint density at radius 2 is 2.05 bits per heavy atom. The summed E-state index contributed by atoms with van der Waals surface area (Å²) in [4.78, 5) is 22.4. The molecule has 5 heteroatoms. The Balaban J connectivity index is 1.75. The second kappa shape index (κ2) is 5.91. The van der Waals surface area contributed by atoms with Crippen molar-refractivity contribution in [3.63, 3.8) is 0 Å². The fourth-order valence-electron chi connectivity index (χ4n) is 2.56. The lowest BCUT2D eigenvalue weighted by Crippen LogP contribution is -2.18. The molecule has 21 heavy (non-hydrogen) atoms. The molecule has 0 unspecified atom stereocenters. The Morgan fingerprint density at radius 3 is 2.71 bits per heavy atom. The predicted octanol–water partition coefficient (Wildman–Crippen LogP) is 2.64. The van der Waals surface area contributed by atoms with Gasteiger partial charge in [-0.3, -0.25) is 9.78 Å². The lowest BCUT2D eigenvalue weighted by Gasteiger charge is -2.19. The maximum Gasteiger partial charge on any atom is 0.275 e. The number of rotatable bonds is 3. The molecule has 1 saturated heterocycles. The summed E-state index contributed by atoms with van der Waals surface area (Å²) in [6, 6.07) is 6.14. The Hall–Kier alpha value is -2.43. The zero-order chi connectivity index (χ0) is 14.7. The molecule has 0 radical (unpaired) electrons. The summed E-state index contributed by atoms with van der Waals surface area (Å²) >= 11 is 0. The van der Waals surface area contributed by atoms with Crippen molar-refractivity contribution in [2.45, 2.75) is 19.8 Å². The molecule has 5 nitrogen and oxygen atoms in total. The van der Waals surface area contributed by atoms with Crippen LogP contribution in [0, 0.1) is 6.92 Å². The van der Waals surface area contributed by atoms with Crippen LogP contribution in [0.1, 0.15) is 28.9 Å². The molecule has 1 fully saturated rings. The van der Waals surface area contributed by atoms with Crippen molar-refractivity contribution in [3.05, 3.63) is 48.0 Å². The Kier molecular flexibility index (Phi) is 3.81. The minimum atomic E-state index is -0.236. The van der Waals surface area contributed by atoms with E-state index in [0.29, 0.717) is 5.69 Å². The molecule has 0 atom stereocenters. The van der Waals surface area contributed by atoms with Crippen molar-refractivity contribution in [1.82, 2.24) is 9.97 Å². The molecule has 2 heterocycles. The number of benzene rings is 1. The average Bonchev–Trinajstić information content (AvgIpc) is 3.04. The highest BCUT2D eigenvalue weighted by Crippen LogP contribution is 2.25. The largest absolute Gasteiger partial charge is 0.372 e. The van der Waals surface area contributed by atoms with E-state index >= 15 is 0 Å². The SMILES string of the molecule is Cc1cc(N2CCCC2)ccc1NC(=O)c1cnccn1. The van der Waals surface area contributed by atoms with Crippen molar-refractivity contribution in [3.8, 4) is 0 Å². The molecular formula is C16H18N4O. The van der Waals surface area contributed by atoms with Crippen molar-refractivity contribution >= 4 is 17.3 Å². The maximum atomic E-state index is 12.1. The smallest absolute Gasteiger partial charge is 0.275 e. The fourth-order valence-corrected chi connectivity index (χ4v) is 2.56. The molecule has 1 aromatic heterocycles. The van der Waals surface area contributed by atoms with Crippen LogP contribution in [-0.4, -0.2) is 29.0 Å². The molecule has 0 aliphatic carbocycles. The fraction of sp³-hybridized carbons (Fsp3) is 0.312. The number of aromatic nitrogens is 2. The van der Waals surface area contributed by atoms with Crippen LogP contribution in [0.2, 0.25) is 0 Å². The summed E-state index contributed by atoms with van der Waals surface area (Å²) in [6.45, 7) is 4.24. The number of aryl methyl sites for hydroxylation is 1. The Bertz CT molecular complexity index is 636. The third kappa shape index (κ3) is 3.02. The van der Waals surface area contributed by atoms with E-state index in [1.807, 2.05) is 13.0 Å². The predicted molar refractivity (Wildman–Crippen MR) is 82.6 cm³/mol. The van der Waals surface area contributed by atoms with E-state index in [2.05, 4.69) is 32.3 Å². The van der Waals surface area contributed by atoms with Crippen LogP contribution in [0.15, 0.2) is 36.8 Å². The summed E-state index contributed by atoms with van der Waals surface area (Å²) in [7, 11) is 0. The minimum Gasteiger partial charge on any atom is -0.372 e. The van der Waals surface area contributed by atoms with Crippen molar-refractivity contribution < 1.29 is 4.79 Å². The third-order valence-electron chi connectivity index (χ3n) is 3.73. The van der Waals surface area contributed by atoms with Crippen molar-refractivity contribution in [2.75, 3.05) is 23.3 Å². The first-order chi connectivity index (χ1) is 10.2. The van der Waals surface area contributed by atoms with Gasteiger partial charge in [0.15, 0.2) is 0 Å². The molecule has 1 amide bonds. The molecule has 0 saturated carbocycles. The minimum absolute atomic E-state index is 0.236. The van der Waals surface area contributed by atoms with Gasteiger partial charge in [-0.1, -0.05) is 0 Å². The van der Waals surface area contributed by atoms with Gasteiger partial charge < -0.3 is 10.2 Å². The van der Waals surface area contributed by atoms with Gasteiger partial charge in [0.25, 0.3) is 5.91 Å². The standard InChI is InChI=1S/C16H18N4O/c1-12-10-13(20-8-2-3-9-20)4-5-14(12)19-16(21)15-11-17-6-7-18-15/h4-7,10-11H,2-3,8-9H2,1H3,(H,19,21). The van der Waals surface area contributed by atoms with E-state index in [0.717, 1.165) is 24.3 Å². The molecular weight excluding hydrogens is 264 g/mol. The van der Waals surface area contributed by atoms with Crippen LogP contribution >= 0.6 is 0 Å². The normalized spacial score (nSPS) is 14.2. The lowest BCUT2D eigenvalue weighted by atomic mass is 10.1. The Morgan fingerprint density at radius 1 is 1.24 bits per heavy atom. The first-order valence-electron chi connectivity index (χ1n) is 7.17. The number of nitrogens with one attached hydrogen (secondary N) is 1. The summed E-state index contributed by atoms with van der Waals surface area (Å²) in [6.07, 6.45) is 7.03. The van der Waals surface area contributed by atoms with Crippen LogP contribution in [0.5, 0.6) is 0 Å². The third-order valence-corrected chi connectivity index (χ3v) is 3.73. The maximum absolute atomic E-state index is 12.1. The molecule has 1 aliphatic heterocycles. The van der Waals surface area contributed by atoms with Crippen LogP contribution in [0.4, 0.5) is 11.4 Å². The van der Waals surface area contributed by atoms with Crippen LogP contribution in [0.25, 0.3) is 0 Å². The van der Waals surface area contributed by atoms with E-state index in [9.17, 15) is 4.79 Å².